The summed E-state index contributed by atoms with van der Waals surface area (Å²) in [7, 11) is 0. The van der Waals surface area contributed by atoms with Gasteiger partial charge in [-0.15, -0.1) is 0 Å². The SMILES string of the molecule is O=C(CCNC12CC3CC(CC(C3)C1)C2)Nc1ccccc1. The van der Waals surface area contributed by atoms with Crippen LogP contribution < -0.4 is 10.6 Å². The maximum Gasteiger partial charge on any atom is 0.225 e. The Bertz CT molecular complexity index is 504. The number of carbonyl (C=O) groups is 1. The fourth-order valence-electron chi connectivity index (χ4n) is 5.51. The van der Waals surface area contributed by atoms with Crippen molar-refractivity contribution in [1.82, 2.24) is 5.32 Å². The van der Waals surface area contributed by atoms with Gasteiger partial charge in [0, 0.05) is 24.2 Å². The third kappa shape index (κ3) is 2.91. The van der Waals surface area contributed by atoms with Crippen molar-refractivity contribution in [2.75, 3.05) is 11.9 Å². The van der Waals surface area contributed by atoms with Gasteiger partial charge in [-0.25, -0.2) is 0 Å². The van der Waals surface area contributed by atoms with Gasteiger partial charge in [0.25, 0.3) is 0 Å². The zero-order valence-electron chi connectivity index (χ0n) is 13.2. The quantitative estimate of drug-likeness (QED) is 0.872. The van der Waals surface area contributed by atoms with Gasteiger partial charge in [0.05, 0.1) is 0 Å². The van der Waals surface area contributed by atoms with E-state index in [9.17, 15) is 4.79 Å². The molecule has 1 amide bonds. The molecule has 3 nitrogen and oxygen atoms in total. The van der Waals surface area contributed by atoms with E-state index < -0.39 is 0 Å². The molecule has 0 unspecified atom stereocenters. The van der Waals surface area contributed by atoms with Crippen molar-refractivity contribution in [2.24, 2.45) is 17.8 Å². The van der Waals surface area contributed by atoms with E-state index in [2.05, 4.69) is 10.6 Å². The van der Waals surface area contributed by atoms with E-state index in [0.29, 0.717) is 12.0 Å². The van der Waals surface area contributed by atoms with Crippen LogP contribution in [-0.2, 0) is 4.79 Å². The van der Waals surface area contributed by atoms with Crippen LogP contribution in [0.3, 0.4) is 0 Å². The van der Waals surface area contributed by atoms with Crippen LogP contribution in [0.15, 0.2) is 30.3 Å². The van der Waals surface area contributed by atoms with Crippen LogP contribution in [-0.4, -0.2) is 18.0 Å². The molecule has 1 aromatic rings. The fourth-order valence-corrected chi connectivity index (χ4v) is 5.51. The summed E-state index contributed by atoms with van der Waals surface area (Å²) in [5.41, 5.74) is 1.25. The molecule has 0 saturated heterocycles. The molecule has 4 aliphatic rings. The zero-order chi connectivity index (χ0) is 15.0. The molecule has 22 heavy (non-hydrogen) atoms. The van der Waals surface area contributed by atoms with E-state index in [1.807, 2.05) is 30.3 Å². The van der Waals surface area contributed by atoms with E-state index in [-0.39, 0.29) is 5.91 Å². The summed E-state index contributed by atoms with van der Waals surface area (Å²) in [6.07, 6.45) is 9.01. The Hall–Kier alpha value is -1.35. The molecule has 5 rings (SSSR count). The molecule has 0 radical (unpaired) electrons. The molecular formula is C19H26N2O. The number of nitrogens with one attached hydrogen (secondary N) is 2. The highest BCUT2D eigenvalue weighted by molar-refractivity contribution is 5.90. The normalized spacial score (nSPS) is 35.5. The summed E-state index contributed by atoms with van der Waals surface area (Å²) in [5.74, 6) is 2.98. The number of hydrogen-bond donors (Lipinski definition) is 2. The fraction of sp³-hybridized carbons (Fsp3) is 0.632. The number of anilines is 1. The molecule has 118 valence electrons. The van der Waals surface area contributed by atoms with E-state index in [1.54, 1.807) is 0 Å². The second-order valence-electron chi connectivity index (χ2n) is 7.79. The minimum Gasteiger partial charge on any atom is -0.326 e. The summed E-state index contributed by atoms with van der Waals surface area (Å²) < 4.78 is 0. The van der Waals surface area contributed by atoms with Crippen LogP contribution >= 0.6 is 0 Å². The smallest absolute Gasteiger partial charge is 0.225 e. The van der Waals surface area contributed by atoms with Crippen molar-refractivity contribution in [3.05, 3.63) is 30.3 Å². The third-order valence-electron chi connectivity index (χ3n) is 5.95. The van der Waals surface area contributed by atoms with E-state index in [0.717, 1.165) is 30.0 Å². The predicted molar refractivity (Wildman–Crippen MR) is 88.6 cm³/mol. The molecule has 3 heteroatoms. The molecule has 4 aliphatic carbocycles. The molecule has 0 spiro atoms. The first-order chi connectivity index (χ1) is 10.7. The van der Waals surface area contributed by atoms with Gasteiger partial charge in [-0.05, 0) is 68.4 Å². The van der Waals surface area contributed by atoms with Crippen LogP contribution in [0.5, 0.6) is 0 Å². The van der Waals surface area contributed by atoms with Crippen LogP contribution in [0, 0.1) is 17.8 Å². The molecular weight excluding hydrogens is 272 g/mol. The Morgan fingerprint density at radius 1 is 1.00 bits per heavy atom. The molecule has 1 aromatic carbocycles. The molecule has 2 N–H and O–H groups in total. The van der Waals surface area contributed by atoms with Gasteiger partial charge in [0.1, 0.15) is 0 Å². The van der Waals surface area contributed by atoms with E-state index in [4.69, 9.17) is 0 Å². The van der Waals surface area contributed by atoms with Gasteiger partial charge < -0.3 is 10.6 Å². The predicted octanol–water partition coefficient (Wildman–Crippen LogP) is 3.57. The highest BCUT2D eigenvalue weighted by Crippen LogP contribution is 2.55. The van der Waals surface area contributed by atoms with Crippen LogP contribution in [0.4, 0.5) is 5.69 Å². The summed E-state index contributed by atoms with van der Waals surface area (Å²) >= 11 is 0. The average molecular weight is 298 g/mol. The van der Waals surface area contributed by atoms with Crippen molar-refractivity contribution in [3.63, 3.8) is 0 Å². The highest BCUT2D eigenvalue weighted by atomic mass is 16.1. The van der Waals surface area contributed by atoms with E-state index in [1.165, 1.54) is 38.5 Å². The maximum atomic E-state index is 12.0. The van der Waals surface area contributed by atoms with Gasteiger partial charge in [-0.3, -0.25) is 4.79 Å². The average Bonchev–Trinajstić information content (AvgIpc) is 2.46. The van der Waals surface area contributed by atoms with Crippen molar-refractivity contribution in [3.8, 4) is 0 Å². The largest absolute Gasteiger partial charge is 0.326 e. The van der Waals surface area contributed by atoms with Gasteiger partial charge in [-0.1, -0.05) is 18.2 Å². The molecule has 0 aromatic heterocycles. The molecule has 0 heterocycles. The van der Waals surface area contributed by atoms with Crippen molar-refractivity contribution < 1.29 is 4.79 Å². The molecule has 0 aliphatic heterocycles. The van der Waals surface area contributed by atoms with Crippen molar-refractivity contribution in [1.29, 1.82) is 0 Å². The third-order valence-corrected chi connectivity index (χ3v) is 5.95. The molecule has 0 atom stereocenters. The topological polar surface area (TPSA) is 41.1 Å². The molecule has 4 bridgehead atoms. The Balaban J connectivity index is 1.27. The Labute approximate surface area is 132 Å². The van der Waals surface area contributed by atoms with Gasteiger partial charge in [0.2, 0.25) is 5.91 Å². The lowest BCUT2D eigenvalue weighted by atomic mass is 9.53. The van der Waals surface area contributed by atoms with Gasteiger partial charge in [0.15, 0.2) is 0 Å². The van der Waals surface area contributed by atoms with Gasteiger partial charge in [-0.2, -0.15) is 0 Å². The monoisotopic (exact) mass is 298 g/mol. The van der Waals surface area contributed by atoms with E-state index >= 15 is 0 Å². The van der Waals surface area contributed by atoms with Crippen molar-refractivity contribution in [2.45, 2.75) is 50.5 Å². The summed E-state index contributed by atoms with van der Waals surface area (Å²) in [6.45, 7) is 0.810. The second kappa shape index (κ2) is 5.69. The van der Waals surface area contributed by atoms with Crippen LogP contribution in [0.1, 0.15) is 44.9 Å². The molecule has 4 saturated carbocycles. The standard InChI is InChI=1S/C19H26N2O/c22-18(21-17-4-2-1-3-5-17)6-7-20-19-11-14-8-15(12-19)10-16(9-14)13-19/h1-5,14-16,20H,6-13H2,(H,21,22). The number of benzene rings is 1. The van der Waals surface area contributed by atoms with Crippen LogP contribution in [0.25, 0.3) is 0 Å². The zero-order valence-corrected chi connectivity index (χ0v) is 13.2. The minimum atomic E-state index is 0.114. The lowest BCUT2D eigenvalue weighted by Crippen LogP contribution is -2.58. The summed E-state index contributed by atoms with van der Waals surface area (Å²) in [4.78, 5) is 12.0. The number of carbonyl (C=O) groups excluding carboxylic acids is 1. The van der Waals surface area contributed by atoms with Gasteiger partial charge >= 0.3 is 0 Å². The number of amides is 1. The second-order valence-corrected chi connectivity index (χ2v) is 7.79. The maximum absolute atomic E-state index is 12.0. The number of rotatable bonds is 5. The first kappa shape index (κ1) is 14.3. The Morgan fingerprint density at radius 2 is 1.59 bits per heavy atom. The number of para-hydroxylation sites is 1. The highest BCUT2D eigenvalue weighted by Gasteiger charge is 2.50. The lowest BCUT2D eigenvalue weighted by molar-refractivity contribution is -0.116. The van der Waals surface area contributed by atoms with Crippen molar-refractivity contribution >= 4 is 11.6 Å². The lowest BCUT2D eigenvalue weighted by Gasteiger charge is -2.57. The summed E-state index contributed by atoms with van der Waals surface area (Å²) in [6, 6.07) is 9.73. The molecule has 4 fully saturated rings. The first-order valence-corrected chi connectivity index (χ1v) is 8.81. The first-order valence-electron chi connectivity index (χ1n) is 8.81. The summed E-state index contributed by atoms with van der Waals surface area (Å²) in [5, 5.41) is 6.75. The van der Waals surface area contributed by atoms with Crippen LogP contribution in [0.2, 0.25) is 0 Å². The Morgan fingerprint density at radius 3 is 2.18 bits per heavy atom. The minimum absolute atomic E-state index is 0.114. The number of hydrogen-bond acceptors (Lipinski definition) is 2. The Kier molecular flexibility index (Phi) is 3.69.